The van der Waals surface area contributed by atoms with Gasteiger partial charge in [0.25, 0.3) is 11.8 Å². The number of aliphatic imine (C=N–C) groups is 3. The van der Waals surface area contributed by atoms with Crippen LogP contribution in [0.4, 0.5) is 5.69 Å². The Labute approximate surface area is 181 Å². The Kier molecular flexibility index (Phi) is 6.77. The second-order valence-electron chi connectivity index (χ2n) is 6.99. The van der Waals surface area contributed by atoms with Gasteiger partial charge in [-0.05, 0) is 30.7 Å². The van der Waals surface area contributed by atoms with E-state index in [1.807, 2.05) is 0 Å². The van der Waals surface area contributed by atoms with Crippen molar-refractivity contribution >= 4 is 46.9 Å². The molecule has 2 aliphatic rings. The molecule has 3 rings (SSSR count). The number of carboxylic acids is 2. The zero-order valence-electron chi connectivity index (χ0n) is 16.7. The third kappa shape index (κ3) is 5.65. The Balaban J connectivity index is 1.55. The molecule has 1 aromatic carbocycles. The van der Waals surface area contributed by atoms with Crippen molar-refractivity contribution in [3.63, 3.8) is 0 Å². The van der Waals surface area contributed by atoms with Gasteiger partial charge in [0, 0.05) is 17.7 Å². The summed E-state index contributed by atoms with van der Waals surface area (Å²) in [4.78, 5) is 58.6. The summed E-state index contributed by atoms with van der Waals surface area (Å²) in [5, 5.41) is 25.7. The molecule has 0 aliphatic carbocycles. The number of fused-ring (bicyclic) bond motifs is 1. The molecular weight excluding hydrogens is 422 g/mol. The minimum absolute atomic E-state index is 0.0116. The van der Waals surface area contributed by atoms with E-state index in [0.29, 0.717) is 17.9 Å². The maximum absolute atomic E-state index is 12.3. The number of amides is 2. The number of carboxylic acid groups (broad SMARTS) is 2. The van der Waals surface area contributed by atoms with E-state index in [-0.39, 0.29) is 36.7 Å². The minimum Gasteiger partial charge on any atom is -0.481 e. The molecule has 0 aromatic heterocycles. The van der Waals surface area contributed by atoms with Crippen molar-refractivity contribution in [2.24, 2.45) is 20.7 Å². The number of nitrogens with one attached hydrogen (secondary N) is 3. The van der Waals surface area contributed by atoms with Crippen LogP contribution in [0.3, 0.4) is 0 Å². The van der Waals surface area contributed by atoms with Crippen LogP contribution in [0.5, 0.6) is 0 Å². The fraction of sp³-hybridized carbons (Fsp3) is 0.316. The normalized spacial score (nSPS) is 18.2. The molecule has 13 nitrogen and oxygen atoms in total. The van der Waals surface area contributed by atoms with Crippen LogP contribution < -0.4 is 21.7 Å². The number of carbonyl (C=O) groups is 4. The highest BCUT2D eigenvalue weighted by atomic mass is 16.4. The van der Waals surface area contributed by atoms with Crippen LogP contribution in [0.25, 0.3) is 0 Å². The fourth-order valence-electron chi connectivity index (χ4n) is 2.97. The van der Waals surface area contributed by atoms with Crippen molar-refractivity contribution in [2.75, 3.05) is 18.4 Å². The lowest BCUT2D eigenvalue weighted by molar-refractivity contribution is -0.140. The molecule has 2 aliphatic heterocycles. The summed E-state index contributed by atoms with van der Waals surface area (Å²) < 4.78 is 0. The summed E-state index contributed by atoms with van der Waals surface area (Å²) in [7, 11) is 0. The van der Waals surface area contributed by atoms with Crippen LogP contribution >= 0.6 is 0 Å². The van der Waals surface area contributed by atoms with Crippen molar-refractivity contribution in [3.8, 4) is 0 Å². The Bertz CT molecular complexity index is 1030. The van der Waals surface area contributed by atoms with Gasteiger partial charge in [-0.3, -0.25) is 29.7 Å². The van der Waals surface area contributed by atoms with Gasteiger partial charge in [-0.15, -0.1) is 0 Å². The smallest absolute Gasteiger partial charge is 0.326 e. The Morgan fingerprint density at radius 1 is 1.22 bits per heavy atom. The average molecular weight is 443 g/mol. The van der Waals surface area contributed by atoms with Gasteiger partial charge in [-0.2, -0.15) is 4.99 Å². The van der Waals surface area contributed by atoms with Gasteiger partial charge in [0.05, 0.1) is 18.8 Å². The van der Waals surface area contributed by atoms with Gasteiger partial charge >= 0.3 is 11.9 Å². The summed E-state index contributed by atoms with van der Waals surface area (Å²) in [5.74, 6) is -3.22. The zero-order valence-corrected chi connectivity index (χ0v) is 16.7. The predicted octanol–water partition coefficient (Wildman–Crippen LogP) is -1.19. The standard InChI is InChI=1S/C19H21N7O6/c20-19-25-15-14(17(30)26-19)23-11(8-22-15)7-21-10-3-1-9(2-4-10)16(29)24-12(18(31)32)5-6-13(27)28/h1-4,12,14,21H,5-8H2,(H,24,29)(H,27,28)(H,31,32)(H3,20,22,25,26,30)/t12-,14?/m1/s1. The third-order valence-electron chi connectivity index (χ3n) is 4.61. The summed E-state index contributed by atoms with van der Waals surface area (Å²) >= 11 is 0. The van der Waals surface area contributed by atoms with Gasteiger partial charge < -0.3 is 26.6 Å². The van der Waals surface area contributed by atoms with E-state index in [4.69, 9.17) is 15.9 Å². The first-order valence-corrected chi connectivity index (χ1v) is 9.57. The number of hydrogen-bond donors (Lipinski definition) is 6. The molecule has 32 heavy (non-hydrogen) atoms. The molecule has 2 atom stereocenters. The van der Waals surface area contributed by atoms with Crippen LogP contribution in [0.1, 0.15) is 23.2 Å². The van der Waals surface area contributed by atoms with Crippen LogP contribution in [0.15, 0.2) is 39.2 Å². The molecule has 7 N–H and O–H groups in total. The van der Waals surface area contributed by atoms with Crippen molar-refractivity contribution in [1.82, 2.24) is 10.6 Å². The monoisotopic (exact) mass is 443 g/mol. The van der Waals surface area contributed by atoms with Crippen molar-refractivity contribution in [1.29, 1.82) is 0 Å². The first-order chi connectivity index (χ1) is 15.2. The topological polar surface area (TPSA) is 208 Å². The number of aliphatic carboxylic acids is 2. The van der Waals surface area contributed by atoms with Crippen molar-refractivity contribution in [2.45, 2.75) is 24.9 Å². The summed E-state index contributed by atoms with van der Waals surface area (Å²) in [6.45, 7) is 0.567. The number of amidine groups is 1. The van der Waals surface area contributed by atoms with E-state index < -0.39 is 35.8 Å². The molecule has 0 spiro atoms. The zero-order chi connectivity index (χ0) is 23.3. The van der Waals surface area contributed by atoms with E-state index in [0.717, 1.165) is 0 Å². The second-order valence-corrected chi connectivity index (χ2v) is 6.99. The third-order valence-corrected chi connectivity index (χ3v) is 4.61. The molecule has 2 heterocycles. The number of nitrogens with two attached hydrogens (primary N) is 1. The molecule has 0 bridgehead atoms. The quantitative estimate of drug-likeness (QED) is 0.273. The Hall–Kier alpha value is -4.29. The lowest BCUT2D eigenvalue weighted by Crippen LogP contribution is -2.51. The molecule has 0 saturated carbocycles. The van der Waals surface area contributed by atoms with Crippen LogP contribution in [0, 0.1) is 0 Å². The molecule has 1 unspecified atom stereocenters. The molecule has 0 saturated heterocycles. The van der Waals surface area contributed by atoms with Gasteiger partial charge in [0.1, 0.15) is 6.04 Å². The molecule has 1 aromatic rings. The Morgan fingerprint density at radius 2 is 1.94 bits per heavy atom. The first kappa shape index (κ1) is 22.4. The maximum atomic E-state index is 12.3. The number of guanidine groups is 1. The number of nitrogens with zero attached hydrogens (tertiary/aromatic N) is 3. The molecule has 168 valence electrons. The largest absolute Gasteiger partial charge is 0.481 e. The second kappa shape index (κ2) is 9.68. The average Bonchev–Trinajstić information content (AvgIpc) is 2.75. The SMILES string of the molecule is NC1=NC2=NCC(CNc3ccc(C(=O)N[C@H](CCC(=O)O)C(=O)O)cc3)=NC2C(=O)N1. The number of anilines is 1. The van der Waals surface area contributed by atoms with E-state index in [9.17, 15) is 19.2 Å². The molecule has 13 heteroatoms. The number of hydrogen-bond acceptors (Lipinski definition) is 9. The first-order valence-electron chi connectivity index (χ1n) is 9.57. The van der Waals surface area contributed by atoms with Crippen LogP contribution in [0.2, 0.25) is 0 Å². The van der Waals surface area contributed by atoms with Gasteiger partial charge in [-0.1, -0.05) is 0 Å². The fourth-order valence-corrected chi connectivity index (χ4v) is 2.97. The number of carbonyl (C=O) groups excluding carboxylic acids is 2. The van der Waals surface area contributed by atoms with Gasteiger partial charge in [-0.25, -0.2) is 4.79 Å². The number of benzene rings is 1. The molecule has 2 amide bonds. The minimum atomic E-state index is -1.31. The Morgan fingerprint density at radius 3 is 2.59 bits per heavy atom. The van der Waals surface area contributed by atoms with Crippen LogP contribution in [-0.4, -0.2) is 76.6 Å². The molecule has 0 fully saturated rings. The lowest BCUT2D eigenvalue weighted by Gasteiger charge is -2.22. The maximum Gasteiger partial charge on any atom is 0.326 e. The van der Waals surface area contributed by atoms with E-state index in [2.05, 4.69) is 30.9 Å². The van der Waals surface area contributed by atoms with Gasteiger partial charge in [0.2, 0.25) is 5.96 Å². The van der Waals surface area contributed by atoms with Crippen molar-refractivity contribution < 1.29 is 29.4 Å². The van der Waals surface area contributed by atoms with E-state index >= 15 is 0 Å². The number of rotatable bonds is 9. The molecule has 0 radical (unpaired) electrons. The molecular formula is C19H21N7O6. The summed E-state index contributed by atoms with van der Waals surface area (Å²) in [6, 6.07) is 4.11. The summed E-state index contributed by atoms with van der Waals surface area (Å²) in [6.07, 6.45) is -0.600. The lowest BCUT2D eigenvalue weighted by atomic mass is 10.1. The predicted molar refractivity (Wildman–Crippen MR) is 114 cm³/mol. The van der Waals surface area contributed by atoms with Gasteiger partial charge in [0.15, 0.2) is 11.9 Å². The van der Waals surface area contributed by atoms with E-state index in [1.54, 1.807) is 12.1 Å². The van der Waals surface area contributed by atoms with Crippen molar-refractivity contribution in [3.05, 3.63) is 29.8 Å². The highest BCUT2D eigenvalue weighted by Crippen LogP contribution is 2.12. The summed E-state index contributed by atoms with van der Waals surface area (Å²) in [5.41, 5.74) is 7.01. The highest BCUT2D eigenvalue weighted by Gasteiger charge is 2.31. The van der Waals surface area contributed by atoms with Crippen LogP contribution in [-0.2, 0) is 14.4 Å². The highest BCUT2D eigenvalue weighted by molar-refractivity contribution is 6.21. The van der Waals surface area contributed by atoms with E-state index in [1.165, 1.54) is 12.1 Å².